The Morgan fingerprint density at radius 2 is 2.12 bits per heavy atom. The van der Waals surface area contributed by atoms with Gasteiger partial charge in [0.2, 0.25) is 0 Å². The van der Waals surface area contributed by atoms with Gasteiger partial charge in [-0.15, -0.1) is 0 Å². The summed E-state index contributed by atoms with van der Waals surface area (Å²) in [7, 11) is 0. The lowest BCUT2D eigenvalue weighted by atomic mass is 10.2. The van der Waals surface area contributed by atoms with E-state index in [4.69, 9.17) is 9.52 Å². The molecule has 0 unspecified atom stereocenters. The Balaban J connectivity index is 2.03. The van der Waals surface area contributed by atoms with Gasteiger partial charge in [0.1, 0.15) is 0 Å². The molecule has 2 N–H and O–H groups in total. The van der Waals surface area contributed by atoms with Crippen molar-refractivity contribution in [1.29, 1.82) is 0 Å². The Bertz CT molecular complexity index is 332. The fraction of sp³-hybridized carbons (Fsp3) is 0.455. The van der Waals surface area contributed by atoms with E-state index in [0.717, 1.165) is 12.8 Å². The van der Waals surface area contributed by atoms with Crippen LogP contribution in [0.1, 0.15) is 36.2 Å². The molecule has 1 amide bonds. The summed E-state index contributed by atoms with van der Waals surface area (Å²) in [4.78, 5) is 21.6. The fourth-order valence-corrected chi connectivity index (χ4v) is 1.27. The van der Waals surface area contributed by atoms with E-state index in [-0.39, 0.29) is 12.3 Å². The summed E-state index contributed by atoms with van der Waals surface area (Å²) >= 11 is 0. The SMILES string of the molecule is O=C(O)CCCCCNC(=O)c1ccco1. The molecule has 0 aliphatic rings. The highest BCUT2D eigenvalue weighted by atomic mass is 16.4. The average Bonchev–Trinajstić information content (AvgIpc) is 2.75. The van der Waals surface area contributed by atoms with Crippen molar-refractivity contribution in [3.8, 4) is 0 Å². The van der Waals surface area contributed by atoms with Crippen LogP contribution in [0.3, 0.4) is 0 Å². The van der Waals surface area contributed by atoms with Crippen LogP contribution in [-0.4, -0.2) is 23.5 Å². The summed E-state index contributed by atoms with van der Waals surface area (Å²) in [5, 5.41) is 11.1. The normalized spacial score (nSPS) is 10.0. The molecule has 0 fully saturated rings. The average molecular weight is 225 g/mol. The van der Waals surface area contributed by atoms with Crippen molar-refractivity contribution < 1.29 is 19.1 Å². The predicted octanol–water partition coefficient (Wildman–Crippen LogP) is 1.65. The summed E-state index contributed by atoms with van der Waals surface area (Å²) in [6.07, 6.45) is 3.85. The van der Waals surface area contributed by atoms with Gasteiger partial charge in [-0.2, -0.15) is 0 Å². The molecule has 16 heavy (non-hydrogen) atoms. The van der Waals surface area contributed by atoms with E-state index >= 15 is 0 Å². The molecule has 1 heterocycles. The molecule has 0 spiro atoms. The number of furan rings is 1. The minimum atomic E-state index is -0.778. The number of amides is 1. The van der Waals surface area contributed by atoms with Crippen LogP contribution >= 0.6 is 0 Å². The predicted molar refractivity (Wildman–Crippen MR) is 57.1 cm³/mol. The highest BCUT2D eigenvalue weighted by molar-refractivity contribution is 5.91. The lowest BCUT2D eigenvalue weighted by Crippen LogP contribution is -2.23. The maximum absolute atomic E-state index is 11.3. The van der Waals surface area contributed by atoms with E-state index in [2.05, 4.69) is 5.32 Å². The van der Waals surface area contributed by atoms with Crippen molar-refractivity contribution in [1.82, 2.24) is 5.32 Å². The largest absolute Gasteiger partial charge is 0.481 e. The van der Waals surface area contributed by atoms with Gasteiger partial charge in [-0.1, -0.05) is 6.42 Å². The second-order valence-corrected chi connectivity index (χ2v) is 3.44. The summed E-state index contributed by atoms with van der Waals surface area (Å²) < 4.78 is 4.92. The zero-order chi connectivity index (χ0) is 11.8. The van der Waals surface area contributed by atoms with E-state index in [1.807, 2.05) is 0 Å². The second-order valence-electron chi connectivity index (χ2n) is 3.44. The lowest BCUT2D eigenvalue weighted by Gasteiger charge is -2.02. The van der Waals surface area contributed by atoms with Gasteiger partial charge in [0.25, 0.3) is 5.91 Å². The Morgan fingerprint density at radius 3 is 2.75 bits per heavy atom. The molecular formula is C11H15NO4. The van der Waals surface area contributed by atoms with Gasteiger partial charge >= 0.3 is 5.97 Å². The van der Waals surface area contributed by atoms with Crippen molar-refractivity contribution in [3.63, 3.8) is 0 Å². The zero-order valence-electron chi connectivity index (χ0n) is 8.94. The highest BCUT2D eigenvalue weighted by Crippen LogP contribution is 2.01. The molecule has 5 heteroatoms. The Hall–Kier alpha value is -1.78. The molecule has 0 aliphatic carbocycles. The number of carbonyl (C=O) groups excluding carboxylic acids is 1. The van der Waals surface area contributed by atoms with E-state index in [9.17, 15) is 9.59 Å². The van der Waals surface area contributed by atoms with Crippen molar-refractivity contribution in [3.05, 3.63) is 24.2 Å². The summed E-state index contributed by atoms with van der Waals surface area (Å²) in [6, 6.07) is 3.25. The smallest absolute Gasteiger partial charge is 0.303 e. The number of rotatable bonds is 7. The fourth-order valence-electron chi connectivity index (χ4n) is 1.27. The van der Waals surface area contributed by atoms with Crippen LogP contribution in [0.15, 0.2) is 22.8 Å². The Labute approximate surface area is 93.4 Å². The lowest BCUT2D eigenvalue weighted by molar-refractivity contribution is -0.137. The number of unbranched alkanes of at least 4 members (excludes halogenated alkanes) is 2. The van der Waals surface area contributed by atoms with Crippen molar-refractivity contribution in [2.75, 3.05) is 6.54 Å². The molecule has 0 atom stereocenters. The van der Waals surface area contributed by atoms with Crippen LogP contribution in [0.25, 0.3) is 0 Å². The third-order valence-corrected chi connectivity index (χ3v) is 2.10. The van der Waals surface area contributed by atoms with Gasteiger partial charge in [-0.05, 0) is 25.0 Å². The zero-order valence-corrected chi connectivity index (χ0v) is 8.94. The van der Waals surface area contributed by atoms with E-state index in [1.54, 1.807) is 12.1 Å². The van der Waals surface area contributed by atoms with Gasteiger partial charge in [-0.3, -0.25) is 9.59 Å². The summed E-state index contributed by atoms with van der Waals surface area (Å²) in [5.41, 5.74) is 0. The summed E-state index contributed by atoms with van der Waals surface area (Å²) in [6.45, 7) is 0.541. The van der Waals surface area contributed by atoms with Crippen molar-refractivity contribution >= 4 is 11.9 Å². The van der Waals surface area contributed by atoms with Crippen LogP contribution < -0.4 is 5.32 Å². The van der Waals surface area contributed by atoms with Gasteiger partial charge < -0.3 is 14.8 Å². The highest BCUT2D eigenvalue weighted by Gasteiger charge is 2.06. The van der Waals surface area contributed by atoms with Crippen LogP contribution in [-0.2, 0) is 4.79 Å². The van der Waals surface area contributed by atoms with E-state index < -0.39 is 5.97 Å². The monoisotopic (exact) mass is 225 g/mol. The van der Waals surface area contributed by atoms with Crippen molar-refractivity contribution in [2.24, 2.45) is 0 Å². The van der Waals surface area contributed by atoms with Crippen LogP contribution in [0.5, 0.6) is 0 Å². The van der Waals surface area contributed by atoms with E-state index in [1.165, 1.54) is 6.26 Å². The standard InChI is InChI=1S/C11H15NO4/c13-10(14)6-2-1-3-7-12-11(15)9-5-4-8-16-9/h4-5,8H,1-3,6-7H2,(H,12,15)(H,13,14). The first kappa shape index (κ1) is 12.3. The van der Waals surface area contributed by atoms with Gasteiger partial charge in [-0.25, -0.2) is 0 Å². The van der Waals surface area contributed by atoms with Gasteiger partial charge in [0, 0.05) is 13.0 Å². The van der Waals surface area contributed by atoms with Crippen LogP contribution in [0.2, 0.25) is 0 Å². The second kappa shape index (κ2) is 6.66. The number of hydrogen-bond acceptors (Lipinski definition) is 3. The van der Waals surface area contributed by atoms with Crippen LogP contribution in [0, 0.1) is 0 Å². The maximum Gasteiger partial charge on any atom is 0.303 e. The van der Waals surface area contributed by atoms with E-state index in [0.29, 0.717) is 18.7 Å². The Kier molecular flexibility index (Phi) is 5.11. The molecule has 88 valence electrons. The summed E-state index contributed by atoms with van der Waals surface area (Å²) in [5.74, 6) is -0.714. The number of carboxylic acids is 1. The third kappa shape index (κ3) is 4.63. The molecule has 1 aromatic heterocycles. The molecule has 0 bridgehead atoms. The molecule has 0 aromatic carbocycles. The molecule has 1 aromatic rings. The number of carbonyl (C=O) groups is 2. The molecule has 5 nitrogen and oxygen atoms in total. The van der Waals surface area contributed by atoms with Gasteiger partial charge in [0.15, 0.2) is 5.76 Å². The minimum absolute atomic E-state index is 0.187. The van der Waals surface area contributed by atoms with Crippen molar-refractivity contribution in [2.45, 2.75) is 25.7 Å². The molecule has 0 saturated carbocycles. The maximum atomic E-state index is 11.3. The molecule has 0 saturated heterocycles. The number of hydrogen-bond donors (Lipinski definition) is 2. The molecule has 0 radical (unpaired) electrons. The van der Waals surface area contributed by atoms with Gasteiger partial charge in [0.05, 0.1) is 6.26 Å². The molecule has 0 aliphatic heterocycles. The Morgan fingerprint density at radius 1 is 1.31 bits per heavy atom. The molecule has 1 rings (SSSR count). The number of carboxylic acid groups (broad SMARTS) is 1. The topological polar surface area (TPSA) is 79.5 Å². The number of nitrogens with one attached hydrogen (secondary N) is 1. The number of aliphatic carboxylic acids is 1. The quantitative estimate of drug-likeness (QED) is 0.691. The van der Waals surface area contributed by atoms with Crippen LogP contribution in [0.4, 0.5) is 0 Å². The first-order valence-corrected chi connectivity index (χ1v) is 5.23. The first-order chi connectivity index (χ1) is 7.70. The first-order valence-electron chi connectivity index (χ1n) is 5.23. The minimum Gasteiger partial charge on any atom is -0.481 e. The third-order valence-electron chi connectivity index (χ3n) is 2.10. The molecular weight excluding hydrogens is 210 g/mol.